The molecule has 9 heteroatoms. The second-order valence-corrected chi connectivity index (χ2v) is 7.14. The number of ether oxygens (including phenoxy) is 2. The number of hydrogen-bond acceptors (Lipinski definition) is 6. The summed E-state index contributed by atoms with van der Waals surface area (Å²) in [6.45, 7) is 5.26. The number of anilines is 1. The number of piperidine rings is 1. The van der Waals surface area contributed by atoms with E-state index in [-0.39, 0.29) is 42.3 Å². The number of nitrogens with zero attached hydrogens (tertiary/aromatic N) is 1. The van der Waals surface area contributed by atoms with Gasteiger partial charge >= 0.3 is 11.9 Å². The predicted molar refractivity (Wildman–Crippen MR) is 109 cm³/mol. The molecule has 3 rings (SSSR count). The molecule has 8 nitrogen and oxygen atoms in total. The minimum atomic E-state index is -0.625. The zero-order chi connectivity index (χ0) is 21.7. The third-order valence-electron chi connectivity index (χ3n) is 5.08. The van der Waals surface area contributed by atoms with Crippen LogP contribution in [0.5, 0.6) is 0 Å². The Labute approximate surface area is 173 Å². The molecule has 162 valence electrons. The lowest BCUT2D eigenvalue weighted by molar-refractivity contribution is -0.149. The molecule has 0 aliphatic carbocycles. The highest BCUT2D eigenvalue weighted by Gasteiger charge is 2.27. The quantitative estimate of drug-likeness (QED) is 0.670. The van der Waals surface area contributed by atoms with Crippen LogP contribution in [0.4, 0.5) is 10.1 Å². The number of esters is 2. The van der Waals surface area contributed by atoms with Crippen molar-refractivity contribution in [2.75, 3.05) is 38.2 Å². The fourth-order valence-electron chi connectivity index (χ4n) is 3.62. The minimum absolute atomic E-state index is 0.0758. The van der Waals surface area contributed by atoms with E-state index in [1.54, 1.807) is 13.8 Å². The van der Waals surface area contributed by atoms with Crippen molar-refractivity contribution in [3.63, 3.8) is 0 Å². The minimum Gasteiger partial charge on any atom is -0.466 e. The SMILES string of the molecule is CCOC(=O)c1[nH]c2ccc(F)cc2c1NC(=O)CN1CCC(C(=O)OCC)CC1. The summed E-state index contributed by atoms with van der Waals surface area (Å²) in [4.78, 5) is 41.6. The molecule has 0 unspecified atom stereocenters. The molecular formula is C21H26FN3O5. The second kappa shape index (κ2) is 9.71. The van der Waals surface area contributed by atoms with Crippen LogP contribution in [0.3, 0.4) is 0 Å². The smallest absolute Gasteiger partial charge is 0.356 e. The van der Waals surface area contributed by atoms with Gasteiger partial charge in [0, 0.05) is 10.9 Å². The Morgan fingerprint density at radius 2 is 1.87 bits per heavy atom. The summed E-state index contributed by atoms with van der Waals surface area (Å²) in [6.07, 6.45) is 1.25. The van der Waals surface area contributed by atoms with E-state index >= 15 is 0 Å². The number of carbonyl (C=O) groups excluding carboxylic acids is 3. The molecule has 2 N–H and O–H groups in total. The number of benzene rings is 1. The molecule has 1 aliphatic rings. The Morgan fingerprint density at radius 3 is 2.53 bits per heavy atom. The molecule has 0 spiro atoms. The van der Waals surface area contributed by atoms with Crippen LogP contribution in [0.2, 0.25) is 0 Å². The first-order valence-electron chi connectivity index (χ1n) is 10.1. The van der Waals surface area contributed by atoms with Crippen molar-refractivity contribution in [1.82, 2.24) is 9.88 Å². The van der Waals surface area contributed by atoms with E-state index in [9.17, 15) is 18.8 Å². The van der Waals surface area contributed by atoms with E-state index in [2.05, 4.69) is 10.3 Å². The molecule has 2 heterocycles. The van der Waals surface area contributed by atoms with E-state index in [1.807, 2.05) is 4.90 Å². The van der Waals surface area contributed by atoms with Gasteiger partial charge in [-0.05, 0) is 58.0 Å². The first-order chi connectivity index (χ1) is 14.4. The number of rotatable bonds is 7. The summed E-state index contributed by atoms with van der Waals surface area (Å²) in [5, 5.41) is 3.13. The standard InChI is InChI=1S/C21H26FN3O5/c1-3-29-20(27)13-7-9-25(10-8-13)12-17(26)24-18-15-11-14(22)5-6-16(15)23-19(18)21(28)30-4-2/h5-6,11,13,23H,3-4,7-10,12H2,1-2H3,(H,24,26). The van der Waals surface area contributed by atoms with Gasteiger partial charge in [-0.2, -0.15) is 0 Å². The summed E-state index contributed by atoms with van der Waals surface area (Å²) in [7, 11) is 0. The van der Waals surface area contributed by atoms with Crippen LogP contribution in [0, 0.1) is 11.7 Å². The third kappa shape index (κ3) is 4.96. The molecule has 0 atom stereocenters. The summed E-state index contributed by atoms with van der Waals surface area (Å²) >= 11 is 0. The lowest BCUT2D eigenvalue weighted by Crippen LogP contribution is -2.41. The van der Waals surface area contributed by atoms with Gasteiger partial charge in [0.25, 0.3) is 0 Å². The highest BCUT2D eigenvalue weighted by Crippen LogP contribution is 2.29. The van der Waals surface area contributed by atoms with Gasteiger partial charge in [-0.3, -0.25) is 14.5 Å². The third-order valence-corrected chi connectivity index (χ3v) is 5.08. The van der Waals surface area contributed by atoms with Gasteiger partial charge in [-0.1, -0.05) is 0 Å². The molecule has 2 aromatic rings. The molecule has 0 bridgehead atoms. The van der Waals surface area contributed by atoms with Crippen molar-refractivity contribution in [1.29, 1.82) is 0 Å². The van der Waals surface area contributed by atoms with Crippen molar-refractivity contribution in [3.8, 4) is 0 Å². The Kier molecular flexibility index (Phi) is 7.04. The van der Waals surface area contributed by atoms with Crippen LogP contribution in [-0.2, 0) is 19.1 Å². The fraction of sp³-hybridized carbons (Fsp3) is 0.476. The largest absolute Gasteiger partial charge is 0.466 e. The summed E-state index contributed by atoms with van der Waals surface area (Å²) in [5.74, 6) is -1.77. The molecule has 1 aliphatic heterocycles. The Bertz CT molecular complexity index is 934. The van der Waals surface area contributed by atoms with Crippen LogP contribution in [0.15, 0.2) is 18.2 Å². The van der Waals surface area contributed by atoms with Crippen molar-refractivity contribution in [2.45, 2.75) is 26.7 Å². The number of aromatic amines is 1. The van der Waals surface area contributed by atoms with Gasteiger partial charge in [0.1, 0.15) is 11.5 Å². The molecule has 1 amide bonds. The number of likely N-dealkylation sites (tertiary alicyclic amines) is 1. The van der Waals surface area contributed by atoms with Gasteiger partial charge < -0.3 is 19.8 Å². The van der Waals surface area contributed by atoms with Crippen molar-refractivity contribution >= 4 is 34.4 Å². The van der Waals surface area contributed by atoms with E-state index < -0.39 is 11.8 Å². The van der Waals surface area contributed by atoms with Gasteiger partial charge in [-0.15, -0.1) is 0 Å². The number of carbonyl (C=O) groups is 3. The van der Waals surface area contributed by atoms with Crippen molar-refractivity contribution in [2.24, 2.45) is 5.92 Å². The molecule has 0 radical (unpaired) electrons. The predicted octanol–water partition coefficient (Wildman–Crippen LogP) is 2.70. The maximum Gasteiger partial charge on any atom is 0.356 e. The van der Waals surface area contributed by atoms with E-state index in [0.29, 0.717) is 43.4 Å². The molecule has 0 saturated carbocycles. The molecular weight excluding hydrogens is 393 g/mol. The maximum absolute atomic E-state index is 13.8. The van der Waals surface area contributed by atoms with Crippen LogP contribution in [0.1, 0.15) is 37.2 Å². The second-order valence-electron chi connectivity index (χ2n) is 7.14. The topological polar surface area (TPSA) is 101 Å². The lowest BCUT2D eigenvalue weighted by Gasteiger charge is -2.30. The average molecular weight is 419 g/mol. The number of H-pyrrole nitrogens is 1. The molecule has 30 heavy (non-hydrogen) atoms. The van der Waals surface area contributed by atoms with Gasteiger partial charge in [0.2, 0.25) is 5.91 Å². The Morgan fingerprint density at radius 1 is 1.17 bits per heavy atom. The van der Waals surface area contributed by atoms with E-state index in [4.69, 9.17) is 9.47 Å². The van der Waals surface area contributed by atoms with Crippen LogP contribution in [-0.4, -0.2) is 60.6 Å². The zero-order valence-corrected chi connectivity index (χ0v) is 17.1. The van der Waals surface area contributed by atoms with E-state index in [1.165, 1.54) is 18.2 Å². The molecule has 1 aromatic heterocycles. The fourth-order valence-corrected chi connectivity index (χ4v) is 3.62. The van der Waals surface area contributed by atoms with Gasteiger partial charge in [0.15, 0.2) is 0 Å². The van der Waals surface area contributed by atoms with Crippen LogP contribution < -0.4 is 5.32 Å². The highest BCUT2D eigenvalue weighted by atomic mass is 19.1. The number of aromatic nitrogens is 1. The normalized spacial score (nSPS) is 15.2. The maximum atomic E-state index is 13.8. The van der Waals surface area contributed by atoms with Crippen LogP contribution >= 0.6 is 0 Å². The number of fused-ring (bicyclic) bond motifs is 1. The van der Waals surface area contributed by atoms with Crippen molar-refractivity contribution in [3.05, 3.63) is 29.7 Å². The molecule has 1 saturated heterocycles. The number of halogens is 1. The van der Waals surface area contributed by atoms with Gasteiger partial charge in [-0.25, -0.2) is 9.18 Å². The van der Waals surface area contributed by atoms with Gasteiger partial charge in [0.05, 0.1) is 31.4 Å². The molecule has 1 aromatic carbocycles. The number of hydrogen-bond donors (Lipinski definition) is 2. The average Bonchev–Trinajstić information content (AvgIpc) is 3.06. The monoisotopic (exact) mass is 419 g/mol. The van der Waals surface area contributed by atoms with Crippen molar-refractivity contribution < 1.29 is 28.2 Å². The summed E-state index contributed by atoms with van der Waals surface area (Å²) in [6, 6.07) is 4.03. The lowest BCUT2D eigenvalue weighted by atomic mass is 9.97. The molecule has 1 fully saturated rings. The highest BCUT2D eigenvalue weighted by molar-refractivity contribution is 6.11. The van der Waals surface area contributed by atoms with Crippen LogP contribution in [0.25, 0.3) is 10.9 Å². The van der Waals surface area contributed by atoms with E-state index in [0.717, 1.165) is 0 Å². The summed E-state index contributed by atoms with van der Waals surface area (Å²) in [5.41, 5.74) is 0.797. The zero-order valence-electron chi connectivity index (χ0n) is 17.1. The first kappa shape index (κ1) is 21.8. The Balaban J connectivity index is 1.69. The number of amides is 1. The summed E-state index contributed by atoms with van der Waals surface area (Å²) < 4.78 is 23.9. The Hall–Kier alpha value is -2.94. The first-order valence-corrected chi connectivity index (χ1v) is 10.1. The number of nitrogens with one attached hydrogen (secondary N) is 2.